The van der Waals surface area contributed by atoms with Crippen molar-refractivity contribution >= 4 is 33.7 Å². The third-order valence-corrected chi connectivity index (χ3v) is 21.8. The van der Waals surface area contributed by atoms with E-state index < -0.39 is 20.3 Å². The van der Waals surface area contributed by atoms with Gasteiger partial charge in [0, 0.05) is 0 Å². The molecular formula is C30H26Zr. The molecule has 1 fully saturated rings. The summed E-state index contributed by atoms with van der Waals surface area (Å²) in [5.41, 5.74) is 9.60. The Morgan fingerprint density at radius 2 is 1.03 bits per heavy atom. The summed E-state index contributed by atoms with van der Waals surface area (Å²) in [6.07, 6.45) is 5.07. The van der Waals surface area contributed by atoms with E-state index in [9.17, 15) is 0 Å². The Morgan fingerprint density at radius 1 is 0.581 bits per heavy atom. The van der Waals surface area contributed by atoms with E-state index in [2.05, 4.69) is 98.8 Å². The van der Waals surface area contributed by atoms with Crippen LogP contribution >= 0.6 is 0 Å². The van der Waals surface area contributed by atoms with Crippen molar-refractivity contribution in [1.29, 1.82) is 0 Å². The molecule has 0 amide bonds. The summed E-state index contributed by atoms with van der Waals surface area (Å²) < 4.78 is 4.53. The van der Waals surface area contributed by atoms with Gasteiger partial charge in [-0.05, 0) is 0 Å². The van der Waals surface area contributed by atoms with Crippen LogP contribution in [0.25, 0.3) is 33.7 Å². The Morgan fingerprint density at radius 3 is 1.48 bits per heavy atom. The quantitative estimate of drug-likeness (QED) is 0.271. The van der Waals surface area contributed by atoms with Crippen molar-refractivity contribution < 1.29 is 20.3 Å². The van der Waals surface area contributed by atoms with Gasteiger partial charge in [0.05, 0.1) is 0 Å². The van der Waals surface area contributed by atoms with Crippen molar-refractivity contribution in [3.63, 3.8) is 0 Å². The molecule has 2 aliphatic carbocycles. The molecule has 4 aromatic rings. The second-order valence-corrected chi connectivity index (χ2v) is 21.3. The molecule has 3 aliphatic rings. The summed E-state index contributed by atoms with van der Waals surface area (Å²) in [5, 5.41) is 5.63. The molecule has 1 heterocycles. The number of benzene rings is 4. The van der Waals surface area contributed by atoms with Gasteiger partial charge in [0.2, 0.25) is 0 Å². The molecule has 0 bridgehead atoms. The van der Waals surface area contributed by atoms with Crippen molar-refractivity contribution in [2.45, 2.75) is 29.4 Å². The normalized spacial score (nSPS) is 22.9. The van der Waals surface area contributed by atoms with Crippen molar-refractivity contribution in [1.82, 2.24) is 0 Å². The van der Waals surface area contributed by atoms with E-state index in [0.717, 1.165) is 7.25 Å². The van der Waals surface area contributed by atoms with Crippen LogP contribution in [0, 0.1) is 0 Å². The fraction of sp³-hybridized carbons (Fsp3) is 0.200. The first-order chi connectivity index (χ1) is 15.2. The van der Waals surface area contributed by atoms with E-state index in [1.165, 1.54) is 40.9 Å². The van der Waals surface area contributed by atoms with Gasteiger partial charge in [-0.2, -0.15) is 0 Å². The maximum absolute atomic E-state index is 2.54. The Labute approximate surface area is 188 Å². The average Bonchev–Trinajstić information content (AvgIpc) is 3.37. The van der Waals surface area contributed by atoms with E-state index in [1.54, 1.807) is 22.3 Å². The molecule has 31 heavy (non-hydrogen) atoms. The summed E-state index contributed by atoms with van der Waals surface area (Å²) in [6, 6.07) is 27.5. The van der Waals surface area contributed by atoms with Gasteiger partial charge in [-0.3, -0.25) is 0 Å². The van der Waals surface area contributed by atoms with Crippen molar-refractivity contribution in [2.75, 3.05) is 0 Å². The van der Waals surface area contributed by atoms with Crippen LogP contribution in [-0.4, -0.2) is 0 Å². The van der Waals surface area contributed by atoms with Gasteiger partial charge in [0.15, 0.2) is 0 Å². The van der Waals surface area contributed by atoms with E-state index >= 15 is 0 Å². The molecule has 4 aromatic carbocycles. The molecule has 0 aromatic heterocycles. The minimum atomic E-state index is -2.47. The SMILES string of the molecule is CC1=Cc2c(ccc3ccccc23)[CH]1[Zr]1([CH]2C(C)=Cc3c2ccc2ccccc32)[CH2][CH2]1. The molecule has 0 nitrogen and oxygen atoms in total. The second kappa shape index (κ2) is 6.40. The number of hydrogen-bond donors (Lipinski definition) is 0. The third kappa shape index (κ3) is 2.45. The monoisotopic (exact) mass is 476 g/mol. The van der Waals surface area contributed by atoms with Crippen LogP contribution in [0.15, 0.2) is 83.9 Å². The summed E-state index contributed by atoms with van der Waals surface area (Å²) in [7, 11) is 0. The Kier molecular flexibility index (Phi) is 3.78. The standard InChI is InChI=1S/2C14H11.C2H4.Zr/c2*1-10-8-12-7-6-11-4-2-3-5-13(11)14(12)9-10;1-2;/h2*2-9H,1H3;1-2H2;. The Hall–Kier alpha value is -2.24. The average molecular weight is 478 g/mol. The first kappa shape index (κ1) is 18.3. The predicted molar refractivity (Wildman–Crippen MR) is 130 cm³/mol. The van der Waals surface area contributed by atoms with Crippen LogP contribution in [0.1, 0.15) is 43.4 Å². The van der Waals surface area contributed by atoms with Crippen LogP contribution in [0.5, 0.6) is 0 Å². The van der Waals surface area contributed by atoms with Crippen LogP contribution in [0.4, 0.5) is 0 Å². The zero-order chi connectivity index (χ0) is 20.7. The van der Waals surface area contributed by atoms with Gasteiger partial charge < -0.3 is 0 Å². The molecule has 2 unspecified atom stereocenters. The summed E-state index contributed by atoms with van der Waals surface area (Å²) in [4.78, 5) is 0. The fourth-order valence-corrected chi connectivity index (χ4v) is 24.7. The van der Waals surface area contributed by atoms with Crippen LogP contribution in [-0.2, 0) is 20.3 Å². The van der Waals surface area contributed by atoms with Gasteiger partial charge in [0.1, 0.15) is 0 Å². The Balaban J connectivity index is 1.41. The molecule has 2 atom stereocenters. The van der Waals surface area contributed by atoms with Gasteiger partial charge >= 0.3 is 190 Å². The van der Waals surface area contributed by atoms with Gasteiger partial charge in [0.25, 0.3) is 0 Å². The Bertz CT molecular complexity index is 1360. The van der Waals surface area contributed by atoms with E-state index in [1.807, 2.05) is 0 Å². The zero-order valence-electron chi connectivity index (χ0n) is 18.2. The van der Waals surface area contributed by atoms with Crippen molar-refractivity contribution in [2.24, 2.45) is 0 Å². The van der Waals surface area contributed by atoms with Crippen molar-refractivity contribution in [3.8, 4) is 0 Å². The third-order valence-electron chi connectivity index (χ3n) is 8.26. The van der Waals surface area contributed by atoms with Gasteiger partial charge in [-0.15, -0.1) is 0 Å². The molecule has 0 spiro atoms. The van der Waals surface area contributed by atoms with E-state index in [0.29, 0.717) is 0 Å². The molecule has 1 aliphatic heterocycles. The number of fused-ring (bicyclic) bond motifs is 6. The molecule has 1 saturated heterocycles. The number of rotatable bonds is 2. The first-order valence-electron chi connectivity index (χ1n) is 11.6. The predicted octanol–water partition coefficient (Wildman–Crippen LogP) is 8.61. The van der Waals surface area contributed by atoms with Gasteiger partial charge in [-0.25, -0.2) is 0 Å². The molecule has 7 rings (SSSR count). The molecule has 1 heteroatoms. The summed E-state index contributed by atoms with van der Waals surface area (Å²) >= 11 is -2.47. The summed E-state index contributed by atoms with van der Waals surface area (Å²) in [6.45, 7) is 4.84. The minimum absolute atomic E-state index is 0.736. The summed E-state index contributed by atoms with van der Waals surface area (Å²) in [5.74, 6) is 0. The van der Waals surface area contributed by atoms with E-state index in [-0.39, 0.29) is 0 Å². The maximum atomic E-state index is 2.54. The molecular weight excluding hydrogens is 452 g/mol. The molecule has 0 N–H and O–H groups in total. The number of allylic oxidation sites excluding steroid dienone is 2. The molecule has 0 radical (unpaired) electrons. The van der Waals surface area contributed by atoms with Gasteiger partial charge in [-0.1, -0.05) is 0 Å². The topological polar surface area (TPSA) is 0 Å². The van der Waals surface area contributed by atoms with Crippen LogP contribution in [0.3, 0.4) is 0 Å². The van der Waals surface area contributed by atoms with Crippen molar-refractivity contribution in [3.05, 3.63) is 106 Å². The van der Waals surface area contributed by atoms with E-state index in [4.69, 9.17) is 0 Å². The zero-order valence-corrected chi connectivity index (χ0v) is 20.6. The number of hydrogen-bond acceptors (Lipinski definition) is 0. The first-order valence-corrected chi connectivity index (χ1v) is 17.9. The molecule has 150 valence electrons. The molecule has 0 saturated carbocycles. The second-order valence-electron chi connectivity index (χ2n) is 9.96. The van der Waals surface area contributed by atoms with Crippen LogP contribution in [0.2, 0.25) is 8.26 Å². The fourth-order valence-electron chi connectivity index (χ4n) is 6.98. The van der Waals surface area contributed by atoms with Crippen LogP contribution < -0.4 is 0 Å².